The lowest BCUT2D eigenvalue weighted by Crippen LogP contribution is -2.43. The Morgan fingerprint density at radius 2 is 1.80 bits per heavy atom. The van der Waals surface area contributed by atoms with Gasteiger partial charge in [-0.05, 0) is 29.2 Å². The summed E-state index contributed by atoms with van der Waals surface area (Å²) in [4.78, 5) is 7.49. The topological polar surface area (TPSA) is 28.2 Å². The Balaban J connectivity index is 1.77. The van der Waals surface area contributed by atoms with Crippen molar-refractivity contribution in [2.24, 2.45) is 0 Å². The van der Waals surface area contributed by atoms with Crippen LogP contribution in [0.2, 0.25) is 0 Å². The van der Waals surface area contributed by atoms with Crippen LogP contribution in [0.15, 0.2) is 42.5 Å². The molecule has 4 heteroatoms. The maximum atomic E-state index is 5.04. The van der Waals surface area contributed by atoms with Gasteiger partial charge in [-0.1, -0.05) is 45.0 Å². The molecule has 0 saturated carbocycles. The van der Waals surface area contributed by atoms with E-state index < -0.39 is 0 Å². The second kappa shape index (κ2) is 6.43. The quantitative estimate of drug-likeness (QED) is 0.727. The standard InChI is InChI=1S/C21H25N3S/c1-21(2,3)16-7-4-6-15(14-16)20-23-19-17(8-5-9-18(19)25-20)24-12-10-22-11-13-24/h4-9,14,22H,10-13H2,1-3H3. The highest BCUT2D eigenvalue weighted by Gasteiger charge is 2.18. The summed E-state index contributed by atoms with van der Waals surface area (Å²) in [5.41, 5.74) is 5.14. The SMILES string of the molecule is CC(C)(C)c1cccc(-c2nc3c(N4CCNCC4)cccc3s2)c1. The molecule has 1 aliphatic rings. The molecular weight excluding hydrogens is 326 g/mol. The van der Waals surface area contributed by atoms with Gasteiger partial charge in [0.25, 0.3) is 0 Å². The number of rotatable bonds is 2. The lowest BCUT2D eigenvalue weighted by Gasteiger charge is -2.29. The smallest absolute Gasteiger partial charge is 0.124 e. The van der Waals surface area contributed by atoms with Crippen molar-refractivity contribution >= 4 is 27.2 Å². The molecule has 1 fully saturated rings. The third-order valence-electron chi connectivity index (χ3n) is 4.83. The van der Waals surface area contributed by atoms with Crippen LogP contribution in [0.25, 0.3) is 20.8 Å². The lowest BCUT2D eigenvalue weighted by molar-refractivity contribution is 0.590. The van der Waals surface area contributed by atoms with Gasteiger partial charge in [-0.25, -0.2) is 4.98 Å². The first-order valence-corrected chi connectivity index (χ1v) is 9.80. The number of anilines is 1. The first-order valence-electron chi connectivity index (χ1n) is 8.98. The molecule has 130 valence electrons. The number of nitrogens with zero attached hydrogens (tertiary/aromatic N) is 2. The van der Waals surface area contributed by atoms with Crippen molar-refractivity contribution in [3.05, 3.63) is 48.0 Å². The molecule has 0 amide bonds. The third kappa shape index (κ3) is 3.29. The van der Waals surface area contributed by atoms with Gasteiger partial charge in [-0.2, -0.15) is 0 Å². The largest absolute Gasteiger partial charge is 0.367 e. The van der Waals surface area contributed by atoms with Crippen molar-refractivity contribution in [3.8, 4) is 10.6 Å². The Bertz CT molecular complexity index is 886. The summed E-state index contributed by atoms with van der Waals surface area (Å²) in [6, 6.07) is 15.4. The first kappa shape index (κ1) is 16.6. The Labute approximate surface area is 153 Å². The molecule has 1 aromatic heterocycles. The van der Waals surface area contributed by atoms with E-state index in [1.54, 1.807) is 11.3 Å². The van der Waals surface area contributed by atoms with E-state index in [-0.39, 0.29) is 5.41 Å². The zero-order valence-electron chi connectivity index (χ0n) is 15.2. The van der Waals surface area contributed by atoms with Gasteiger partial charge in [0.1, 0.15) is 10.5 Å². The third-order valence-corrected chi connectivity index (χ3v) is 5.90. The molecule has 4 rings (SSSR count). The van der Waals surface area contributed by atoms with Crippen molar-refractivity contribution in [2.75, 3.05) is 31.1 Å². The summed E-state index contributed by atoms with van der Waals surface area (Å²) in [5, 5.41) is 4.54. The van der Waals surface area contributed by atoms with Gasteiger partial charge < -0.3 is 10.2 Å². The monoisotopic (exact) mass is 351 g/mol. The van der Waals surface area contributed by atoms with E-state index >= 15 is 0 Å². The van der Waals surface area contributed by atoms with E-state index in [0.717, 1.165) is 36.7 Å². The summed E-state index contributed by atoms with van der Waals surface area (Å²) < 4.78 is 1.27. The minimum Gasteiger partial charge on any atom is -0.367 e. The van der Waals surface area contributed by atoms with Crippen molar-refractivity contribution in [3.63, 3.8) is 0 Å². The van der Waals surface area contributed by atoms with E-state index in [9.17, 15) is 0 Å². The molecule has 0 radical (unpaired) electrons. The van der Waals surface area contributed by atoms with Crippen molar-refractivity contribution in [2.45, 2.75) is 26.2 Å². The Morgan fingerprint density at radius 3 is 2.56 bits per heavy atom. The number of hydrogen-bond donors (Lipinski definition) is 1. The van der Waals surface area contributed by atoms with Crippen LogP contribution in [0.4, 0.5) is 5.69 Å². The fourth-order valence-electron chi connectivity index (χ4n) is 3.34. The molecule has 0 aliphatic carbocycles. The lowest BCUT2D eigenvalue weighted by atomic mass is 9.86. The Morgan fingerprint density at radius 1 is 1.04 bits per heavy atom. The van der Waals surface area contributed by atoms with Crippen LogP contribution < -0.4 is 10.2 Å². The van der Waals surface area contributed by atoms with Gasteiger partial charge in [-0.3, -0.25) is 0 Å². The van der Waals surface area contributed by atoms with Gasteiger partial charge in [0.15, 0.2) is 0 Å². The maximum absolute atomic E-state index is 5.04. The molecule has 0 atom stereocenters. The molecule has 0 unspecified atom stereocenters. The van der Waals surface area contributed by atoms with Crippen LogP contribution in [-0.4, -0.2) is 31.2 Å². The van der Waals surface area contributed by atoms with Crippen LogP contribution in [0.5, 0.6) is 0 Å². The fourth-order valence-corrected chi connectivity index (χ4v) is 4.32. The van der Waals surface area contributed by atoms with E-state index in [1.807, 2.05) is 0 Å². The minimum atomic E-state index is 0.151. The predicted octanol–water partition coefficient (Wildman–Crippen LogP) is 4.67. The van der Waals surface area contributed by atoms with E-state index in [0.29, 0.717) is 0 Å². The highest BCUT2D eigenvalue weighted by Crippen LogP contribution is 2.36. The van der Waals surface area contributed by atoms with Gasteiger partial charge in [0.2, 0.25) is 0 Å². The molecule has 3 aromatic rings. The van der Waals surface area contributed by atoms with Crippen molar-refractivity contribution < 1.29 is 0 Å². The van der Waals surface area contributed by atoms with E-state index in [2.05, 4.69) is 73.5 Å². The maximum Gasteiger partial charge on any atom is 0.124 e. The van der Waals surface area contributed by atoms with Crippen LogP contribution in [0.3, 0.4) is 0 Å². The molecule has 1 aliphatic heterocycles. The first-order chi connectivity index (χ1) is 12.0. The highest BCUT2D eigenvalue weighted by atomic mass is 32.1. The van der Waals surface area contributed by atoms with Crippen molar-refractivity contribution in [1.82, 2.24) is 10.3 Å². The normalized spacial score (nSPS) is 15.7. The van der Waals surface area contributed by atoms with E-state index in [4.69, 9.17) is 4.98 Å². The van der Waals surface area contributed by atoms with Crippen LogP contribution >= 0.6 is 11.3 Å². The zero-order chi connectivity index (χ0) is 17.4. The van der Waals surface area contributed by atoms with Crippen LogP contribution in [0.1, 0.15) is 26.3 Å². The van der Waals surface area contributed by atoms with Gasteiger partial charge >= 0.3 is 0 Å². The Kier molecular flexibility index (Phi) is 4.26. The average molecular weight is 352 g/mol. The summed E-state index contributed by atoms with van der Waals surface area (Å²) >= 11 is 1.79. The van der Waals surface area contributed by atoms with Crippen molar-refractivity contribution in [1.29, 1.82) is 0 Å². The minimum absolute atomic E-state index is 0.151. The fraction of sp³-hybridized carbons (Fsp3) is 0.381. The number of fused-ring (bicyclic) bond motifs is 1. The molecule has 3 nitrogen and oxygen atoms in total. The summed E-state index contributed by atoms with van der Waals surface area (Å²) in [5.74, 6) is 0. The number of nitrogens with one attached hydrogen (secondary N) is 1. The number of hydrogen-bond acceptors (Lipinski definition) is 4. The molecular formula is C21H25N3S. The molecule has 25 heavy (non-hydrogen) atoms. The molecule has 2 heterocycles. The molecule has 2 aromatic carbocycles. The number of para-hydroxylation sites is 1. The summed E-state index contributed by atoms with van der Waals surface area (Å²) in [6.07, 6.45) is 0. The van der Waals surface area contributed by atoms with Gasteiger partial charge in [0.05, 0.1) is 10.4 Å². The average Bonchev–Trinajstić information content (AvgIpc) is 3.06. The summed E-state index contributed by atoms with van der Waals surface area (Å²) in [7, 11) is 0. The van der Waals surface area contributed by atoms with Crippen LogP contribution in [0, 0.1) is 0 Å². The number of piperazine rings is 1. The Hall–Kier alpha value is -1.91. The molecule has 1 N–H and O–H groups in total. The van der Waals surface area contributed by atoms with Gasteiger partial charge in [0, 0.05) is 31.7 Å². The number of benzene rings is 2. The molecule has 0 spiro atoms. The summed E-state index contributed by atoms with van der Waals surface area (Å²) in [6.45, 7) is 11.0. The predicted molar refractivity (Wildman–Crippen MR) is 109 cm³/mol. The second-order valence-electron chi connectivity index (χ2n) is 7.71. The van der Waals surface area contributed by atoms with E-state index in [1.165, 1.54) is 21.5 Å². The number of aromatic nitrogens is 1. The van der Waals surface area contributed by atoms with Crippen LogP contribution in [-0.2, 0) is 5.41 Å². The molecule has 0 bridgehead atoms. The highest BCUT2D eigenvalue weighted by molar-refractivity contribution is 7.21. The van der Waals surface area contributed by atoms with Gasteiger partial charge in [-0.15, -0.1) is 11.3 Å². The zero-order valence-corrected chi connectivity index (χ0v) is 16.0. The molecule has 1 saturated heterocycles. The second-order valence-corrected chi connectivity index (χ2v) is 8.74. The number of thiazole rings is 1.